The number of aliphatic hydroxyl groups is 1. The van der Waals surface area contributed by atoms with Crippen LogP contribution in [0.25, 0.3) is 11.5 Å². The van der Waals surface area contributed by atoms with Crippen LogP contribution in [-0.4, -0.2) is 21.9 Å². The van der Waals surface area contributed by atoms with E-state index in [9.17, 15) is 0 Å². The van der Waals surface area contributed by atoms with Crippen LogP contribution < -0.4 is 5.73 Å². The first kappa shape index (κ1) is 11.3. The highest BCUT2D eigenvalue weighted by molar-refractivity contribution is 14.1. The zero-order chi connectivity index (χ0) is 11.5. The van der Waals surface area contributed by atoms with Gasteiger partial charge in [-0.3, -0.25) is 0 Å². The zero-order valence-electron chi connectivity index (χ0n) is 8.35. The molecule has 0 saturated carbocycles. The molecule has 5 nitrogen and oxygen atoms in total. The van der Waals surface area contributed by atoms with Crippen LogP contribution in [0.5, 0.6) is 0 Å². The topological polar surface area (TPSA) is 85.2 Å². The highest BCUT2D eigenvalue weighted by Crippen LogP contribution is 2.26. The van der Waals surface area contributed by atoms with Crippen molar-refractivity contribution >= 4 is 28.3 Å². The van der Waals surface area contributed by atoms with Gasteiger partial charge in [0.15, 0.2) is 5.82 Å². The van der Waals surface area contributed by atoms with Gasteiger partial charge in [0.25, 0.3) is 5.89 Å². The van der Waals surface area contributed by atoms with E-state index >= 15 is 0 Å². The number of nitrogens with two attached hydrogens (primary N) is 1. The molecule has 0 aliphatic carbocycles. The second kappa shape index (κ2) is 4.79. The molecule has 2 aromatic rings. The molecule has 0 saturated heterocycles. The molecule has 0 radical (unpaired) electrons. The fourth-order valence-corrected chi connectivity index (χ4v) is 1.77. The summed E-state index contributed by atoms with van der Waals surface area (Å²) in [7, 11) is 0. The van der Waals surface area contributed by atoms with Gasteiger partial charge in [-0.25, -0.2) is 0 Å². The SMILES string of the molecule is Nc1ccc(I)cc1-c1nc(CCO)no1. The first-order valence-corrected chi connectivity index (χ1v) is 5.77. The molecule has 0 unspecified atom stereocenters. The van der Waals surface area contributed by atoms with Crippen LogP contribution in [0.2, 0.25) is 0 Å². The third-order valence-corrected chi connectivity index (χ3v) is 2.72. The first-order chi connectivity index (χ1) is 7.70. The van der Waals surface area contributed by atoms with E-state index in [1.54, 1.807) is 6.07 Å². The number of hydrogen-bond donors (Lipinski definition) is 2. The van der Waals surface area contributed by atoms with Crippen LogP contribution in [-0.2, 0) is 6.42 Å². The number of halogens is 1. The van der Waals surface area contributed by atoms with Crippen LogP contribution >= 0.6 is 22.6 Å². The van der Waals surface area contributed by atoms with Crippen molar-refractivity contribution in [3.63, 3.8) is 0 Å². The molecule has 1 aromatic heterocycles. The molecule has 1 heterocycles. The maximum atomic E-state index is 8.75. The number of rotatable bonds is 3. The van der Waals surface area contributed by atoms with E-state index in [1.807, 2.05) is 12.1 Å². The average Bonchev–Trinajstić information content (AvgIpc) is 2.71. The molecule has 0 bridgehead atoms. The molecule has 16 heavy (non-hydrogen) atoms. The minimum Gasteiger partial charge on any atom is -0.398 e. The number of aliphatic hydroxyl groups excluding tert-OH is 1. The largest absolute Gasteiger partial charge is 0.398 e. The molecular weight excluding hydrogens is 321 g/mol. The lowest BCUT2D eigenvalue weighted by atomic mass is 10.2. The Bertz CT molecular complexity index is 499. The lowest BCUT2D eigenvalue weighted by Gasteiger charge is -2.00. The standard InChI is InChI=1S/C10H10IN3O2/c11-6-1-2-8(12)7(5-6)10-13-9(3-4-15)14-16-10/h1-2,5,15H,3-4,12H2. The van der Waals surface area contributed by atoms with Crippen molar-refractivity contribution in [1.29, 1.82) is 0 Å². The Morgan fingerprint density at radius 1 is 1.44 bits per heavy atom. The number of hydrogen-bond acceptors (Lipinski definition) is 5. The van der Waals surface area contributed by atoms with Crippen molar-refractivity contribution in [2.45, 2.75) is 6.42 Å². The summed E-state index contributed by atoms with van der Waals surface area (Å²) >= 11 is 2.19. The quantitative estimate of drug-likeness (QED) is 0.657. The predicted molar refractivity (Wildman–Crippen MR) is 67.7 cm³/mol. The van der Waals surface area contributed by atoms with Crippen molar-refractivity contribution in [2.24, 2.45) is 0 Å². The van der Waals surface area contributed by atoms with Crippen molar-refractivity contribution in [2.75, 3.05) is 12.3 Å². The summed E-state index contributed by atoms with van der Waals surface area (Å²) in [6.45, 7) is 0.000773. The molecule has 3 N–H and O–H groups in total. The molecule has 0 spiro atoms. The maximum Gasteiger partial charge on any atom is 0.260 e. The second-order valence-electron chi connectivity index (χ2n) is 3.22. The zero-order valence-corrected chi connectivity index (χ0v) is 10.5. The molecule has 0 amide bonds. The molecule has 1 aromatic carbocycles. The van der Waals surface area contributed by atoms with Gasteiger partial charge in [0.2, 0.25) is 0 Å². The number of benzene rings is 1. The highest BCUT2D eigenvalue weighted by atomic mass is 127. The van der Waals surface area contributed by atoms with E-state index in [1.165, 1.54) is 0 Å². The summed E-state index contributed by atoms with van der Waals surface area (Å²) in [5.74, 6) is 0.871. The van der Waals surface area contributed by atoms with Gasteiger partial charge in [0.1, 0.15) is 0 Å². The minimum atomic E-state index is 0.000773. The maximum absolute atomic E-state index is 8.75. The summed E-state index contributed by atoms with van der Waals surface area (Å²) in [5, 5.41) is 12.5. The van der Waals surface area contributed by atoms with Crippen LogP contribution in [0.1, 0.15) is 5.82 Å². The fraction of sp³-hybridized carbons (Fsp3) is 0.200. The van der Waals surface area contributed by atoms with Crippen molar-refractivity contribution < 1.29 is 9.63 Å². The number of nitrogen functional groups attached to an aromatic ring is 1. The molecule has 0 fully saturated rings. The second-order valence-corrected chi connectivity index (χ2v) is 4.47. The molecule has 0 aliphatic heterocycles. The lowest BCUT2D eigenvalue weighted by molar-refractivity contribution is 0.293. The van der Waals surface area contributed by atoms with E-state index in [0.717, 1.165) is 9.13 Å². The molecule has 0 aliphatic rings. The average molecular weight is 331 g/mol. The van der Waals surface area contributed by atoms with Gasteiger partial charge in [-0.2, -0.15) is 4.98 Å². The van der Waals surface area contributed by atoms with Crippen LogP contribution in [0, 0.1) is 3.57 Å². The number of nitrogens with zero attached hydrogens (tertiary/aromatic N) is 2. The summed E-state index contributed by atoms with van der Waals surface area (Å²) in [6.07, 6.45) is 0.382. The van der Waals surface area contributed by atoms with Crippen LogP contribution in [0.4, 0.5) is 5.69 Å². The van der Waals surface area contributed by atoms with Gasteiger partial charge in [-0.05, 0) is 40.8 Å². The van der Waals surface area contributed by atoms with E-state index in [4.69, 9.17) is 15.4 Å². The van der Waals surface area contributed by atoms with E-state index < -0.39 is 0 Å². The molecule has 0 atom stereocenters. The van der Waals surface area contributed by atoms with E-state index in [-0.39, 0.29) is 6.61 Å². The Morgan fingerprint density at radius 2 is 2.25 bits per heavy atom. The van der Waals surface area contributed by atoms with Gasteiger partial charge in [-0.15, -0.1) is 0 Å². The van der Waals surface area contributed by atoms with Gasteiger partial charge in [0.05, 0.1) is 12.2 Å². The van der Waals surface area contributed by atoms with Crippen molar-refractivity contribution in [3.8, 4) is 11.5 Å². The monoisotopic (exact) mass is 331 g/mol. The van der Waals surface area contributed by atoms with Crippen LogP contribution in [0.3, 0.4) is 0 Å². The summed E-state index contributed by atoms with van der Waals surface area (Å²) in [5.41, 5.74) is 7.15. The van der Waals surface area contributed by atoms with Gasteiger partial charge in [-0.1, -0.05) is 5.16 Å². The van der Waals surface area contributed by atoms with Crippen molar-refractivity contribution in [3.05, 3.63) is 27.6 Å². The Kier molecular flexibility index (Phi) is 3.39. The Hall–Kier alpha value is -1.15. The van der Waals surface area contributed by atoms with E-state index in [0.29, 0.717) is 23.8 Å². The van der Waals surface area contributed by atoms with E-state index in [2.05, 4.69) is 32.7 Å². The highest BCUT2D eigenvalue weighted by Gasteiger charge is 2.11. The molecule has 6 heteroatoms. The van der Waals surface area contributed by atoms with Gasteiger partial charge >= 0.3 is 0 Å². The number of aromatic nitrogens is 2. The Labute approximate surface area is 106 Å². The number of anilines is 1. The third kappa shape index (κ3) is 2.33. The van der Waals surface area contributed by atoms with Gasteiger partial charge in [0, 0.05) is 15.7 Å². The summed E-state index contributed by atoms with van der Waals surface area (Å²) in [4.78, 5) is 4.15. The smallest absolute Gasteiger partial charge is 0.260 e. The predicted octanol–water partition coefficient (Wildman–Crippen LogP) is 1.46. The van der Waals surface area contributed by atoms with Crippen molar-refractivity contribution in [1.82, 2.24) is 10.1 Å². The summed E-state index contributed by atoms with van der Waals surface area (Å²) in [6, 6.07) is 5.59. The van der Waals surface area contributed by atoms with Gasteiger partial charge < -0.3 is 15.4 Å². The lowest BCUT2D eigenvalue weighted by Crippen LogP contribution is -1.93. The van der Waals surface area contributed by atoms with Crippen LogP contribution in [0.15, 0.2) is 22.7 Å². The first-order valence-electron chi connectivity index (χ1n) is 4.69. The molecule has 2 rings (SSSR count). The normalized spacial score (nSPS) is 10.6. The Balaban J connectivity index is 2.38. The minimum absolute atomic E-state index is 0.000773. The summed E-state index contributed by atoms with van der Waals surface area (Å²) < 4.78 is 6.13. The molecular formula is C10H10IN3O2. The Morgan fingerprint density at radius 3 is 3.00 bits per heavy atom. The molecule has 84 valence electrons. The fourth-order valence-electron chi connectivity index (χ4n) is 1.28. The third-order valence-electron chi connectivity index (χ3n) is 2.05.